The molecule has 0 aromatic heterocycles. The highest BCUT2D eigenvalue weighted by Crippen LogP contribution is 2.33. The lowest BCUT2D eigenvalue weighted by Gasteiger charge is -2.15. The van der Waals surface area contributed by atoms with Gasteiger partial charge in [0, 0.05) is 12.5 Å². The number of benzene rings is 1. The molecule has 20 heavy (non-hydrogen) atoms. The number of alkyl halides is 1. The van der Waals surface area contributed by atoms with Crippen LogP contribution in [-0.4, -0.2) is 26.8 Å². The molecule has 0 radical (unpaired) electrons. The van der Waals surface area contributed by atoms with Crippen LogP contribution in [0.4, 0.5) is 0 Å². The van der Waals surface area contributed by atoms with Crippen molar-refractivity contribution in [2.45, 2.75) is 17.8 Å². The molecule has 2 rings (SSSR count). The molecule has 1 heterocycles. The monoisotopic (exact) mass is 357 g/mol. The molecule has 1 aliphatic rings. The number of halogens is 2. The van der Waals surface area contributed by atoms with Crippen molar-refractivity contribution in [1.82, 2.24) is 0 Å². The molecule has 0 N–H and O–H groups in total. The summed E-state index contributed by atoms with van der Waals surface area (Å²) in [5.74, 6) is -0.489. The number of amidine groups is 2. The Hall–Kier alpha value is -1.60. The lowest BCUT2D eigenvalue weighted by molar-refractivity contribution is -0.354. The Kier molecular flexibility index (Phi) is 4.01. The second-order valence-corrected chi connectivity index (χ2v) is 5.91. The minimum atomic E-state index is -1.43. The summed E-state index contributed by atoms with van der Waals surface area (Å²) in [7, 11) is 0. The normalized spacial score (nSPS) is 21.4. The van der Waals surface area contributed by atoms with Crippen LogP contribution >= 0.6 is 27.5 Å². The van der Waals surface area contributed by atoms with E-state index in [0.717, 1.165) is 0 Å². The van der Waals surface area contributed by atoms with E-state index in [4.69, 9.17) is 11.6 Å². The second kappa shape index (κ2) is 5.41. The van der Waals surface area contributed by atoms with E-state index >= 15 is 0 Å². The first-order chi connectivity index (χ1) is 9.33. The van der Waals surface area contributed by atoms with Gasteiger partial charge in [-0.1, -0.05) is 23.7 Å². The van der Waals surface area contributed by atoms with Crippen LogP contribution in [0.2, 0.25) is 5.02 Å². The lowest BCUT2D eigenvalue weighted by atomic mass is 10.0. The number of nitro groups is 1. The summed E-state index contributed by atoms with van der Waals surface area (Å²) in [6, 6.07) is 6.52. The van der Waals surface area contributed by atoms with E-state index in [-0.39, 0.29) is 18.0 Å². The van der Waals surface area contributed by atoms with Crippen LogP contribution in [-0.2, 0) is 0 Å². The molecule has 0 aliphatic carbocycles. The molecule has 1 aliphatic heterocycles. The van der Waals surface area contributed by atoms with Crippen molar-refractivity contribution in [3.8, 4) is 0 Å². The third-order valence-electron chi connectivity index (χ3n) is 2.69. The zero-order chi connectivity index (χ0) is 14.9. The average Bonchev–Trinajstić information content (AvgIpc) is 2.64. The molecule has 0 saturated heterocycles. The van der Waals surface area contributed by atoms with E-state index in [1.807, 2.05) is 0 Å². The van der Waals surface area contributed by atoms with E-state index in [2.05, 4.69) is 25.9 Å². The number of carbonyl (C=O) groups excluding carboxylic acids is 1. The van der Waals surface area contributed by atoms with Crippen LogP contribution in [0.5, 0.6) is 0 Å². The zero-order valence-electron chi connectivity index (χ0n) is 10.3. The van der Waals surface area contributed by atoms with Gasteiger partial charge < -0.3 is 10.1 Å². The van der Waals surface area contributed by atoms with Crippen LogP contribution in [0.25, 0.3) is 0 Å². The van der Waals surface area contributed by atoms with Crippen molar-refractivity contribution >= 4 is 45.0 Å². The second-order valence-electron chi connectivity index (χ2n) is 4.19. The first-order valence-electron chi connectivity index (χ1n) is 5.60. The van der Waals surface area contributed by atoms with Gasteiger partial charge in [0.05, 0.1) is 11.4 Å². The van der Waals surface area contributed by atoms with Crippen molar-refractivity contribution in [3.05, 3.63) is 45.0 Å². The van der Waals surface area contributed by atoms with Gasteiger partial charge in [-0.15, -0.1) is 0 Å². The Balaban J connectivity index is 2.30. The first-order valence-corrected chi connectivity index (χ1v) is 6.77. The Morgan fingerprint density at radius 2 is 2.15 bits per heavy atom. The first kappa shape index (κ1) is 14.8. The fourth-order valence-electron chi connectivity index (χ4n) is 1.87. The van der Waals surface area contributed by atoms with Crippen LogP contribution in [0.1, 0.15) is 23.7 Å². The Morgan fingerprint density at radius 1 is 1.50 bits per heavy atom. The molecule has 0 amide bonds. The summed E-state index contributed by atoms with van der Waals surface area (Å²) in [5.41, 5.74) is 0.301. The molecule has 104 valence electrons. The number of nitrogens with zero attached hydrogens (tertiary/aromatic N) is 3. The summed E-state index contributed by atoms with van der Waals surface area (Å²) in [6.45, 7) is 1.53. The van der Waals surface area contributed by atoms with E-state index < -0.39 is 15.2 Å². The van der Waals surface area contributed by atoms with Crippen molar-refractivity contribution in [2.24, 2.45) is 9.98 Å². The number of carbonyl (C=O) groups is 1. The Morgan fingerprint density at radius 3 is 2.75 bits per heavy atom. The molecule has 0 spiro atoms. The van der Waals surface area contributed by atoms with Crippen LogP contribution in [0.3, 0.4) is 0 Å². The number of hydrogen-bond donors (Lipinski definition) is 0. The van der Waals surface area contributed by atoms with E-state index in [1.165, 1.54) is 6.92 Å². The minimum absolute atomic E-state index is 0.228. The van der Waals surface area contributed by atoms with Gasteiger partial charge in [0.1, 0.15) is 0 Å². The largest absolute Gasteiger partial charge is 0.380 e. The van der Waals surface area contributed by atoms with Gasteiger partial charge in [-0.3, -0.25) is 4.79 Å². The number of rotatable bonds is 3. The number of aliphatic imine (C=N–C) groups is 2. The minimum Gasteiger partial charge on any atom is -0.358 e. The van der Waals surface area contributed by atoms with Gasteiger partial charge >= 0.3 is 5.84 Å². The third-order valence-corrected chi connectivity index (χ3v) is 3.83. The van der Waals surface area contributed by atoms with Crippen LogP contribution in [0.15, 0.2) is 34.3 Å². The van der Waals surface area contributed by atoms with Crippen molar-refractivity contribution in [3.63, 3.8) is 0 Å². The van der Waals surface area contributed by atoms with Gasteiger partial charge in [-0.2, -0.15) is 0 Å². The summed E-state index contributed by atoms with van der Waals surface area (Å²) in [5, 5.41) is 11.3. The standard InChI is InChI=1S/C12H9BrClN3O3/c1-7-15-11(17(19)20)12(13,16-7)6-10(18)8-4-2-3-5-9(8)14/h2-5H,6H2,1H3. The highest BCUT2D eigenvalue weighted by Gasteiger charge is 2.48. The third kappa shape index (κ3) is 2.78. The zero-order valence-corrected chi connectivity index (χ0v) is 12.7. The fraction of sp³-hybridized carbons (Fsp3) is 0.250. The van der Waals surface area contributed by atoms with Gasteiger partial charge in [0.25, 0.3) is 0 Å². The number of ketones is 1. The van der Waals surface area contributed by atoms with E-state index in [1.54, 1.807) is 24.3 Å². The summed E-state index contributed by atoms with van der Waals surface area (Å²) < 4.78 is -1.43. The molecule has 1 atom stereocenters. The lowest BCUT2D eigenvalue weighted by Crippen LogP contribution is -2.35. The molecule has 1 aromatic carbocycles. The molecule has 1 unspecified atom stereocenters. The van der Waals surface area contributed by atoms with Gasteiger partial charge in [-0.05, 0) is 38.0 Å². The van der Waals surface area contributed by atoms with Crippen molar-refractivity contribution in [2.75, 3.05) is 0 Å². The number of hydrogen-bond acceptors (Lipinski definition) is 5. The van der Waals surface area contributed by atoms with Crippen molar-refractivity contribution < 1.29 is 9.72 Å². The Labute approximate surface area is 127 Å². The summed E-state index contributed by atoms with van der Waals surface area (Å²) in [4.78, 5) is 30.4. The summed E-state index contributed by atoms with van der Waals surface area (Å²) >= 11 is 9.09. The maximum absolute atomic E-state index is 12.2. The molecular weight excluding hydrogens is 350 g/mol. The molecular formula is C12H9BrClN3O3. The molecule has 6 nitrogen and oxygen atoms in total. The van der Waals surface area contributed by atoms with Gasteiger partial charge in [-0.25, -0.2) is 4.99 Å². The summed E-state index contributed by atoms with van der Waals surface area (Å²) in [6.07, 6.45) is -0.228. The Bertz CT molecular complexity index is 659. The van der Waals surface area contributed by atoms with Crippen LogP contribution < -0.4 is 0 Å². The predicted molar refractivity (Wildman–Crippen MR) is 79.6 cm³/mol. The van der Waals surface area contributed by atoms with E-state index in [9.17, 15) is 14.9 Å². The van der Waals surface area contributed by atoms with Crippen LogP contribution in [0, 0.1) is 10.1 Å². The highest BCUT2D eigenvalue weighted by molar-refractivity contribution is 9.10. The number of Topliss-reactive ketones (excluding diaryl/α,β-unsaturated/α-hetero) is 1. The maximum Gasteiger partial charge on any atom is 0.380 e. The van der Waals surface area contributed by atoms with Crippen molar-refractivity contribution in [1.29, 1.82) is 0 Å². The fourth-order valence-corrected chi connectivity index (χ4v) is 2.85. The average molecular weight is 359 g/mol. The molecule has 0 fully saturated rings. The van der Waals surface area contributed by atoms with E-state index in [0.29, 0.717) is 10.6 Å². The smallest absolute Gasteiger partial charge is 0.358 e. The molecule has 0 bridgehead atoms. The van der Waals surface area contributed by atoms with Gasteiger partial charge in [0.2, 0.25) is 10.3 Å². The highest BCUT2D eigenvalue weighted by atomic mass is 79.9. The van der Waals surface area contributed by atoms with Gasteiger partial charge in [0.15, 0.2) is 5.78 Å². The molecule has 8 heteroatoms. The SMILES string of the molecule is CC1=NC(Br)(CC(=O)c2ccccc2Cl)C([N+](=O)[O-])=N1. The quantitative estimate of drug-likeness (QED) is 0.273. The molecule has 1 aromatic rings. The maximum atomic E-state index is 12.2. The predicted octanol–water partition coefficient (Wildman–Crippen LogP) is 3.11. The molecule has 0 saturated carbocycles. The topological polar surface area (TPSA) is 84.9 Å².